The zero-order valence-electron chi connectivity index (χ0n) is 21.3. The lowest BCUT2D eigenvalue weighted by atomic mass is 10.0. The van der Waals surface area contributed by atoms with Crippen LogP contribution in [0.5, 0.6) is 17.2 Å². The van der Waals surface area contributed by atoms with Crippen molar-refractivity contribution in [3.63, 3.8) is 0 Å². The van der Waals surface area contributed by atoms with Gasteiger partial charge in [0, 0.05) is 37.6 Å². The third-order valence-electron chi connectivity index (χ3n) is 5.89. The van der Waals surface area contributed by atoms with Gasteiger partial charge in [-0.25, -0.2) is 8.70 Å². The van der Waals surface area contributed by atoms with Crippen molar-refractivity contribution in [1.82, 2.24) is 9.21 Å². The van der Waals surface area contributed by atoms with E-state index in [1.807, 2.05) is 26.0 Å². The first-order valence-corrected chi connectivity index (χ1v) is 13.2. The van der Waals surface area contributed by atoms with Crippen molar-refractivity contribution < 1.29 is 31.8 Å². The molecule has 1 heterocycles. The molecule has 0 spiro atoms. The summed E-state index contributed by atoms with van der Waals surface area (Å²) in [4.78, 5) is 3.20. The lowest BCUT2D eigenvalue weighted by Crippen LogP contribution is -2.42. The summed E-state index contributed by atoms with van der Waals surface area (Å²) in [5.41, 5.74) is 2.70. The van der Waals surface area contributed by atoms with E-state index < -0.39 is 6.36 Å². The smallest absolute Gasteiger partial charge is 0.493 e. The Hall–Kier alpha value is -2.95. The Labute approximate surface area is 224 Å². The monoisotopic (exact) mass is 550 g/mol. The van der Waals surface area contributed by atoms with Crippen molar-refractivity contribution in [2.75, 3.05) is 39.4 Å². The second-order valence-corrected chi connectivity index (χ2v) is 9.83. The summed E-state index contributed by atoms with van der Waals surface area (Å²) < 4.78 is 68.7. The second kappa shape index (κ2) is 12.7. The highest BCUT2D eigenvalue weighted by molar-refractivity contribution is 7.97. The van der Waals surface area contributed by atoms with Gasteiger partial charge in [-0.15, -0.1) is 13.2 Å². The number of hydrogen-bond donors (Lipinski definition) is 0. The zero-order chi connectivity index (χ0) is 27.1. The number of hydrogen-bond acceptors (Lipinski definition) is 6. The molecule has 3 aromatic carbocycles. The minimum atomic E-state index is -4.70. The molecule has 0 radical (unpaired) electrons. The number of nitrogens with zero attached hydrogens (tertiary/aromatic N) is 2. The van der Waals surface area contributed by atoms with Crippen molar-refractivity contribution in [2.45, 2.75) is 31.7 Å². The predicted octanol–water partition coefficient (Wildman–Crippen LogP) is 7.01. The van der Waals surface area contributed by atoms with Gasteiger partial charge in [-0.3, -0.25) is 4.90 Å². The summed E-state index contributed by atoms with van der Waals surface area (Å²) in [5.74, 6) is 0.875. The number of benzene rings is 3. The molecule has 38 heavy (non-hydrogen) atoms. The van der Waals surface area contributed by atoms with Gasteiger partial charge in [-0.05, 0) is 85.5 Å². The predicted molar refractivity (Wildman–Crippen MR) is 140 cm³/mol. The SMILES string of the molecule is CCOc1cc(CN2CCN(Sc3ccc(OC(F)(F)F)cc3)CC2)cc(OCC)c1-c1ccc(F)cc1. The van der Waals surface area contributed by atoms with Crippen LogP contribution < -0.4 is 14.2 Å². The van der Waals surface area contributed by atoms with E-state index in [-0.39, 0.29) is 11.6 Å². The van der Waals surface area contributed by atoms with E-state index in [4.69, 9.17) is 9.47 Å². The molecule has 0 amide bonds. The molecule has 1 aliphatic rings. The van der Waals surface area contributed by atoms with Crippen LogP contribution in [0.25, 0.3) is 11.1 Å². The molecule has 0 bridgehead atoms. The molecule has 3 aromatic rings. The zero-order valence-corrected chi connectivity index (χ0v) is 22.1. The van der Waals surface area contributed by atoms with Crippen LogP contribution in [-0.4, -0.2) is 55.0 Å². The van der Waals surface area contributed by atoms with Gasteiger partial charge >= 0.3 is 6.36 Å². The summed E-state index contributed by atoms with van der Waals surface area (Å²) in [6, 6.07) is 16.3. The standard InChI is InChI=1S/C28H30F4N2O3S/c1-3-35-25-17-20(18-26(36-4-2)27(25)21-5-7-22(29)8-6-21)19-33-13-15-34(16-14-33)38-24-11-9-23(10-12-24)37-28(30,31)32/h5-12,17-18H,3-4,13-16,19H2,1-2H3. The van der Waals surface area contributed by atoms with E-state index in [1.165, 1.54) is 36.2 Å². The Morgan fingerprint density at radius 1 is 0.816 bits per heavy atom. The first-order chi connectivity index (χ1) is 18.2. The van der Waals surface area contributed by atoms with Gasteiger partial charge in [0.2, 0.25) is 0 Å². The molecule has 1 saturated heterocycles. The van der Waals surface area contributed by atoms with E-state index in [0.717, 1.165) is 47.8 Å². The van der Waals surface area contributed by atoms with Crippen LogP contribution in [0, 0.1) is 5.82 Å². The fourth-order valence-electron chi connectivity index (χ4n) is 4.26. The maximum absolute atomic E-state index is 13.5. The number of ether oxygens (including phenoxy) is 3. The summed E-state index contributed by atoms with van der Waals surface area (Å²) in [5, 5.41) is 0. The molecule has 0 saturated carbocycles. The summed E-state index contributed by atoms with van der Waals surface area (Å²) >= 11 is 1.52. The van der Waals surface area contributed by atoms with Gasteiger partial charge < -0.3 is 14.2 Å². The van der Waals surface area contributed by atoms with Crippen LogP contribution in [0.15, 0.2) is 65.6 Å². The van der Waals surface area contributed by atoms with Crippen LogP contribution in [-0.2, 0) is 6.54 Å². The number of halogens is 4. The fraction of sp³-hybridized carbons (Fsp3) is 0.357. The van der Waals surface area contributed by atoms with E-state index >= 15 is 0 Å². The minimum Gasteiger partial charge on any atom is -0.493 e. The Bertz CT molecular complexity index is 1160. The maximum Gasteiger partial charge on any atom is 0.573 e. The Balaban J connectivity index is 1.40. The van der Waals surface area contributed by atoms with Crippen LogP contribution in [0.1, 0.15) is 19.4 Å². The van der Waals surface area contributed by atoms with Gasteiger partial charge in [0.15, 0.2) is 0 Å². The molecule has 0 aliphatic carbocycles. The normalized spacial score (nSPS) is 14.9. The van der Waals surface area contributed by atoms with Crippen LogP contribution in [0.4, 0.5) is 17.6 Å². The molecule has 10 heteroatoms. The summed E-state index contributed by atoms with van der Waals surface area (Å²) in [7, 11) is 0. The van der Waals surface area contributed by atoms with Gasteiger partial charge in [-0.2, -0.15) is 0 Å². The lowest BCUT2D eigenvalue weighted by Gasteiger charge is -2.34. The average Bonchev–Trinajstić information content (AvgIpc) is 2.87. The largest absolute Gasteiger partial charge is 0.573 e. The van der Waals surface area contributed by atoms with Crippen molar-refractivity contribution in [2.24, 2.45) is 0 Å². The lowest BCUT2D eigenvalue weighted by molar-refractivity contribution is -0.274. The quantitative estimate of drug-likeness (QED) is 0.200. The number of alkyl halides is 3. The highest BCUT2D eigenvalue weighted by atomic mass is 32.2. The highest BCUT2D eigenvalue weighted by Gasteiger charge is 2.31. The highest BCUT2D eigenvalue weighted by Crippen LogP contribution is 2.40. The molecule has 5 nitrogen and oxygen atoms in total. The molecule has 4 rings (SSSR count). The third kappa shape index (κ3) is 7.78. The van der Waals surface area contributed by atoms with Gasteiger partial charge in [0.1, 0.15) is 23.1 Å². The van der Waals surface area contributed by atoms with Gasteiger partial charge in [0.05, 0.1) is 18.8 Å². The summed E-state index contributed by atoms with van der Waals surface area (Å²) in [6.45, 7) is 8.80. The summed E-state index contributed by atoms with van der Waals surface area (Å²) in [6.07, 6.45) is -4.70. The molecule has 0 N–H and O–H groups in total. The molecule has 1 aliphatic heterocycles. The Morgan fingerprint density at radius 2 is 1.39 bits per heavy atom. The molecule has 0 atom stereocenters. The topological polar surface area (TPSA) is 34.2 Å². The van der Waals surface area contributed by atoms with Crippen molar-refractivity contribution >= 4 is 11.9 Å². The van der Waals surface area contributed by atoms with Gasteiger partial charge in [-0.1, -0.05) is 12.1 Å². The number of piperazine rings is 1. The Morgan fingerprint density at radius 3 is 1.92 bits per heavy atom. The maximum atomic E-state index is 13.5. The van der Waals surface area contributed by atoms with Crippen LogP contribution in [0.2, 0.25) is 0 Å². The minimum absolute atomic E-state index is 0.227. The molecule has 0 aromatic heterocycles. The Kier molecular flexibility index (Phi) is 9.40. The first-order valence-electron chi connectivity index (χ1n) is 12.4. The van der Waals surface area contributed by atoms with Crippen molar-refractivity contribution in [3.05, 3.63) is 72.0 Å². The van der Waals surface area contributed by atoms with Crippen LogP contribution >= 0.6 is 11.9 Å². The van der Waals surface area contributed by atoms with Crippen molar-refractivity contribution in [3.8, 4) is 28.4 Å². The van der Waals surface area contributed by atoms with Crippen LogP contribution in [0.3, 0.4) is 0 Å². The van der Waals surface area contributed by atoms with Gasteiger partial charge in [0.25, 0.3) is 0 Å². The third-order valence-corrected chi connectivity index (χ3v) is 6.99. The van der Waals surface area contributed by atoms with E-state index in [9.17, 15) is 17.6 Å². The molecular formula is C28H30F4N2O3S. The molecular weight excluding hydrogens is 520 g/mol. The van der Waals surface area contributed by atoms with E-state index in [0.29, 0.717) is 31.3 Å². The number of rotatable bonds is 10. The molecule has 0 unspecified atom stereocenters. The molecule has 204 valence electrons. The average molecular weight is 551 g/mol. The first kappa shape index (κ1) is 28.1. The van der Waals surface area contributed by atoms with E-state index in [1.54, 1.807) is 24.3 Å². The van der Waals surface area contributed by atoms with Crippen molar-refractivity contribution in [1.29, 1.82) is 0 Å². The fourth-order valence-corrected chi connectivity index (χ4v) is 5.17. The van der Waals surface area contributed by atoms with E-state index in [2.05, 4.69) is 13.9 Å². The molecule has 1 fully saturated rings. The second-order valence-electron chi connectivity index (χ2n) is 8.66.